The Morgan fingerprint density at radius 3 is 2.47 bits per heavy atom. The van der Waals surface area contributed by atoms with E-state index in [1.54, 1.807) is 24.3 Å². The van der Waals surface area contributed by atoms with Crippen molar-refractivity contribution in [3.8, 4) is 0 Å². The molecule has 1 atom stereocenters. The SMILES string of the molecule is CCC(C(=O)O)c1ccc(NC=O)cc1. The number of benzene rings is 1. The van der Waals surface area contributed by atoms with Gasteiger partial charge in [0.2, 0.25) is 6.41 Å². The zero-order chi connectivity index (χ0) is 11.3. The number of aliphatic carboxylic acids is 1. The first kappa shape index (κ1) is 11.2. The van der Waals surface area contributed by atoms with Crippen LogP contribution in [0.2, 0.25) is 0 Å². The summed E-state index contributed by atoms with van der Waals surface area (Å²) >= 11 is 0. The molecular formula is C11H13NO3. The lowest BCUT2D eigenvalue weighted by molar-refractivity contribution is -0.138. The van der Waals surface area contributed by atoms with E-state index >= 15 is 0 Å². The molecule has 0 spiro atoms. The van der Waals surface area contributed by atoms with Gasteiger partial charge >= 0.3 is 5.97 Å². The number of carboxylic acid groups (broad SMARTS) is 1. The van der Waals surface area contributed by atoms with Gasteiger partial charge < -0.3 is 10.4 Å². The van der Waals surface area contributed by atoms with Crippen molar-refractivity contribution in [3.63, 3.8) is 0 Å². The summed E-state index contributed by atoms with van der Waals surface area (Å²) in [4.78, 5) is 21.0. The Hall–Kier alpha value is -1.84. The maximum absolute atomic E-state index is 10.9. The van der Waals surface area contributed by atoms with Crippen LogP contribution in [-0.2, 0) is 9.59 Å². The summed E-state index contributed by atoms with van der Waals surface area (Å²) in [7, 11) is 0. The molecule has 4 nitrogen and oxygen atoms in total. The van der Waals surface area contributed by atoms with Gasteiger partial charge in [0, 0.05) is 5.69 Å². The lowest BCUT2D eigenvalue weighted by atomic mass is 9.96. The fourth-order valence-corrected chi connectivity index (χ4v) is 1.43. The summed E-state index contributed by atoms with van der Waals surface area (Å²) in [6.07, 6.45) is 1.14. The number of rotatable bonds is 5. The van der Waals surface area contributed by atoms with Gasteiger partial charge in [0.1, 0.15) is 0 Å². The molecule has 2 N–H and O–H groups in total. The van der Waals surface area contributed by atoms with E-state index in [0.29, 0.717) is 18.5 Å². The highest BCUT2D eigenvalue weighted by Crippen LogP contribution is 2.21. The molecule has 1 rings (SSSR count). The van der Waals surface area contributed by atoms with Gasteiger partial charge in [-0.25, -0.2) is 0 Å². The molecule has 0 saturated carbocycles. The summed E-state index contributed by atoms with van der Waals surface area (Å²) in [5, 5.41) is 11.4. The molecule has 1 aromatic rings. The van der Waals surface area contributed by atoms with Crippen molar-refractivity contribution in [1.82, 2.24) is 0 Å². The quantitative estimate of drug-likeness (QED) is 0.724. The average molecular weight is 207 g/mol. The molecule has 0 radical (unpaired) electrons. The molecule has 0 fully saturated rings. The fraction of sp³-hybridized carbons (Fsp3) is 0.273. The van der Waals surface area contributed by atoms with Crippen LogP contribution in [0.3, 0.4) is 0 Å². The minimum Gasteiger partial charge on any atom is -0.481 e. The van der Waals surface area contributed by atoms with Crippen molar-refractivity contribution in [2.24, 2.45) is 0 Å². The molecule has 0 heterocycles. The number of hydrogen-bond donors (Lipinski definition) is 2. The number of carbonyl (C=O) groups is 2. The monoisotopic (exact) mass is 207 g/mol. The zero-order valence-corrected chi connectivity index (χ0v) is 8.43. The molecular weight excluding hydrogens is 194 g/mol. The van der Waals surface area contributed by atoms with Gasteiger partial charge in [-0.2, -0.15) is 0 Å². The Bertz CT molecular complexity index is 345. The number of anilines is 1. The zero-order valence-electron chi connectivity index (χ0n) is 8.43. The first-order valence-electron chi connectivity index (χ1n) is 4.72. The number of nitrogens with one attached hydrogen (secondary N) is 1. The third-order valence-electron chi connectivity index (χ3n) is 2.24. The van der Waals surface area contributed by atoms with Crippen molar-refractivity contribution >= 4 is 18.1 Å². The maximum atomic E-state index is 10.9. The van der Waals surface area contributed by atoms with E-state index in [-0.39, 0.29) is 0 Å². The van der Waals surface area contributed by atoms with Gasteiger partial charge in [-0.15, -0.1) is 0 Å². The van der Waals surface area contributed by atoms with Crippen LogP contribution in [0.15, 0.2) is 24.3 Å². The largest absolute Gasteiger partial charge is 0.481 e. The highest BCUT2D eigenvalue weighted by Gasteiger charge is 2.16. The van der Waals surface area contributed by atoms with Crippen molar-refractivity contribution in [1.29, 1.82) is 0 Å². The first-order chi connectivity index (χ1) is 7.19. The number of hydrogen-bond acceptors (Lipinski definition) is 2. The summed E-state index contributed by atoms with van der Waals surface area (Å²) in [5.41, 5.74) is 1.41. The average Bonchev–Trinajstić information content (AvgIpc) is 2.21. The van der Waals surface area contributed by atoms with Crippen LogP contribution in [0, 0.1) is 0 Å². The predicted octanol–water partition coefficient (Wildman–Crippen LogP) is 1.83. The lowest BCUT2D eigenvalue weighted by Crippen LogP contribution is -2.10. The molecule has 0 bridgehead atoms. The van der Waals surface area contributed by atoms with Gasteiger partial charge in [0.05, 0.1) is 5.92 Å². The van der Waals surface area contributed by atoms with Gasteiger partial charge in [0.15, 0.2) is 0 Å². The Morgan fingerprint density at radius 1 is 1.47 bits per heavy atom. The van der Waals surface area contributed by atoms with Gasteiger partial charge in [-0.3, -0.25) is 9.59 Å². The van der Waals surface area contributed by atoms with E-state index < -0.39 is 11.9 Å². The molecule has 0 aromatic heterocycles. The normalized spacial score (nSPS) is 11.8. The Morgan fingerprint density at radius 2 is 2.07 bits per heavy atom. The van der Waals surface area contributed by atoms with Crippen LogP contribution in [-0.4, -0.2) is 17.5 Å². The summed E-state index contributed by atoms with van der Waals surface area (Å²) in [5.74, 6) is -1.30. The Kier molecular flexibility index (Phi) is 3.85. The van der Waals surface area contributed by atoms with Gasteiger partial charge in [0.25, 0.3) is 0 Å². The fourth-order valence-electron chi connectivity index (χ4n) is 1.43. The van der Waals surface area contributed by atoms with E-state index in [0.717, 1.165) is 5.56 Å². The summed E-state index contributed by atoms with van der Waals surface area (Å²) in [6.45, 7) is 1.83. The van der Waals surface area contributed by atoms with E-state index in [1.165, 1.54) is 0 Å². The first-order valence-corrected chi connectivity index (χ1v) is 4.72. The van der Waals surface area contributed by atoms with E-state index in [1.807, 2.05) is 6.92 Å². The smallest absolute Gasteiger partial charge is 0.310 e. The van der Waals surface area contributed by atoms with Crippen molar-refractivity contribution < 1.29 is 14.7 Å². The van der Waals surface area contributed by atoms with Crippen LogP contribution in [0.25, 0.3) is 0 Å². The minimum atomic E-state index is -0.825. The van der Waals surface area contributed by atoms with E-state index in [2.05, 4.69) is 5.32 Å². The molecule has 0 saturated heterocycles. The number of carboxylic acids is 1. The standard InChI is InChI=1S/C11H13NO3/c1-2-10(11(14)15)8-3-5-9(6-4-8)12-7-13/h3-7,10H,2H2,1H3,(H,12,13)(H,14,15). The second kappa shape index (κ2) is 5.14. The number of amides is 1. The van der Waals surface area contributed by atoms with Crippen molar-refractivity contribution in [2.75, 3.05) is 5.32 Å². The van der Waals surface area contributed by atoms with Crippen molar-refractivity contribution in [2.45, 2.75) is 19.3 Å². The van der Waals surface area contributed by atoms with Crippen LogP contribution < -0.4 is 5.32 Å². The summed E-state index contributed by atoms with van der Waals surface area (Å²) in [6, 6.07) is 6.81. The van der Waals surface area contributed by atoms with Crippen LogP contribution in [0.4, 0.5) is 5.69 Å². The Labute approximate surface area is 87.9 Å². The molecule has 1 amide bonds. The third-order valence-corrected chi connectivity index (χ3v) is 2.24. The molecule has 15 heavy (non-hydrogen) atoms. The molecule has 0 aliphatic heterocycles. The van der Waals surface area contributed by atoms with Crippen LogP contribution in [0.5, 0.6) is 0 Å². The summed E-state index contributed by atoms with van der Waals surface area (Å²) < 4.78 is 0. The molecule has 4 heteroatoms. The maximum Gasteiger partial charge on any atom is 0.310 e. The highest BCUT2D eigenvalue weighted by molar-refractivity contribution is 5.77. The number of carbonyl (C=O) groups excluding carboxylic acids is 1. The lowest BCUT2D eigenvalue weighted by Gasteiger charge is -2.10. The molecule has 0 aliphatic rings. The highest BCUT2D eigenvalue weighted by atomic mass is 16.4. The van der Waals surface area contributed by atoms with Crippen LogP contribution in [0.1, 0.15) is 24.8 Å². The molecule has 1 unspecified atom stereocenters. The topological polar surface area (TPSA) is 66.4 Å². The molecule has 1 aromatic carbocycles. The predicted molar refractivity (Wildman–Crippen MR) is 56.8 cm³/mol. The second-order valence-electron chi connectivity index (χ2n) is 3.18. The minimum absolute atomic E-state index is 0.477. The molecule has 80 valence electrons. The van der Waals surface area contributed by atoms with Gasteiger partial charge in [-0.05, 0) is 24.1 Å². The van der Waals surface area contributed by atoms with E-state index in [4.69, 9.17) is 5.11 Å². The Balaban J connectivity index is 2.86. The molecule has 0 aliphatic carbocycles. The second-order valence-corrected chi connectivity index (χ2v) is 3.18. The van der Waals surface area contributed by atoms with E-state index in [9.17, 15) is 9.59 Å². The van der Waals surface area contributed by atoms with Crippen molar-refractivity contribution in [3.05, 3.63) is 29.8 Å². The van der Waals surface area contributed by atoms with Crippen LogP contribution >= 0.6 is 0 Å². The van der Waals surface area contributed by atoms with Gasteiger partial charge in [-0.1, -0.05) is 19.1 Å². The third kappa shape index (κ3) is 2.80.